The highest BCUT2D eigenvalue weighted by molar-refractivity contribution is 7.16. The smallest absolute Gasteiger partial charge is 0.259 e. The number of thiophene rings is 1. The monoisotopic (exact) mass is 410 g/mol. The molecule has 4 nitrogen and oxygen atoms in total. The van der Waals surface area contributed by atoms with Gasteiger partial charge in [-0.3, -0.25) is 4.79 Å². The van der Waals surface area contributed by atoms with Gasteiger partial charge in [0.15, 0.2) is 0 Å². The molecule has 3 aromatic rings. The van der Waals surface area contributed by atoms with Crippen molar-refractivity contribution in [3.63, 3.8) is 0 Å². The summed E-state index contributed by atoms with van der Waals surface area (Å²) in [6.07, 6.45) is 2.97. The second kappa shape index (κ2) is 8.66. The molecular weight excluding hydrogens is 387 g/mol. The SMILES string of the molecule is CCOc1ccccc1NC(=O)c1c(NCc2cccc(F)c2)sc2c1CCC2. The molecule has 150 valence electrons. The number of hydrogen-bond acceptors (Lipinski definition) is 4. The number of ether oxygens (including phenoxy) is 1. The van der Waals surface area contributed by atoms with Crippen LogP contribution in [0.5, 0.6) is 5.75 Å². The zero-order valence-corrected chi connectivity index (χ0v) is 17.1. The van der Waals surface area contributed by atoms with Crippen molar-refractivity contribution >= 4 is 27.9 Å². The summed E-state index contributed by atoms with van der Waals surface area (Å²) in [5.74, 6) is 0.256. The van der Waals surface area contributed by atoms with Gasteiger partial charge in [0.2, 0.25) is 0 Å². The number of carbonyl (C=O) groups is 1. The first-order valence-corrected chi connectivity index (χ1v) is 10.6. The maximum Gasteiger partial charge on any atom is 0.259 e. The molecule has 1 aromatic heterocycles. The van der Waals surface area contributed by atoms with Crippen LogP contribution >= 0.6 is 11.3 Å². The molecule has 0 unspecified atom stereocenters. The number of halogens is 1. The number of hydrogen-bond donors (Lipinski definition) is 2. The second-order valence-electron chi connectivity index (χ2n) is 6.93. The van der Waals surface area contributed by atoms with E-state index in [0.29, 0.717) is 30.2 Å². The lowest BCUT2D eigenvalue weighted by molar-refractivity contribution is 0.102. The number of benzene rings is 2. The van der Waals surface area contributed by atoms with Gasteiger partial charge < -0.3 is 15.4 Å². The summed E-state index contributed by atoms with van der Waals surface area (Å²) in [7, 11) is 0. The molecule has 0 saturated carbocycles. The first-order chi connectivity index (χ1) is 14.2. The van der Waals surface area contributed by atoms with E-state index in [2.05, 4.69) is 10.6 Å². The molecule has 1 heterocycles. The predicted octanol–water partition coefficient (Wildman–Crippen LogP) is 5.64. The number of para-hydroxylation sites is 2. The normalized spacial score (nSPS) is 12.5. The predicted molar refractivity (Wildman–Crippen MR) is 116 cm³/mol. The van der Waals surface area contributed by atoms with Crippen LogP contribution in [0.15, 0.2) is 48.5 Å². The molecule has 2 N–H and O–H groups in total. The number of anilines is 2. The maximum absolute atomic E-state index is 13.5. The Morgan fingerprint density at radius 3 is 2.86 bits per heavy atom. The van der Waals surface area contributed by atoms with Crippen LogP contribution in [0.3, 0.4) is 0 Å². The lowest BCUT2D eigenvalue weighted by atomic mass is 10.1. The van der Waals surface area contributed by atoms with Crippen molar-refractivity contribution in [1.29, 1.82) is 0 Å². The molecule has 0 radical (unpaired) electrons. The van der Waals surface area contributed by atoms with E-state index in [0.717, 1.165) is 35.4 Å². The fourth-order valence-electron chi connectivity index (χ4n) is 3.63. The maximum atomic E-state index is 13.5. The van der Waals surface area contributed by atoms with Crippen LogP contribution < -0.4 is 15.4 Å². The summed E-state index contributed by atoms with van der Waals surface area (Å²) >= 11 is 1.63. The molecule has 4 rings (SSSR count). The average molecular weight is 411 g/mol. The van der Waals surface area contributed by atoms with Gasteiger partial charge in [0.25, 0.3) is 5.91 Å². The molecule has 0 fully saturated rings. The van der Waals surface area contributed by atoms with Crippen molar-refractivity contribution in [3.8, 4) is 5.75 Å². The highest BCUT2D eigenvalue weighted by Gasteiger charge is 2.27. The van der Waals surface area contributed by atoms with E-state index in [1.54, 1.807) is 17.4 Å². The van der Waals surface area contributed by atoms with Crippen LogP contribution in [0.1, 0.15) is 39.7 Å². The van der Waals surface area contributed by atoms with E-state index < -0.39 is 0 Å². The van der Waals surface area contributed by atoms with Gasteiger partial charge in [0.05, 0.1) is 17.9 Å². The summed E-state index contributed by atoms with van der Waals surface area (Å²) < 4.78 is 19.1. The molecule has 29 heavy (non-hydrogen) atoms. The van der Waals surface area contributed by atoms with Gasteiger partial charge in [-0.25, -0.2) is 4.39 Å². The Balaban J connectivity index is 1.58. The number of rotatable bonds is 7. The first kappa shape index (κ1) is 19.5. The molecule has 0 bridgehead atoms. The van der Waals surface area contributed by atoms with Crippen LogP contribution in [0, 0.1) is 5.82 Å². The summed E-state index contributed by atoms with van der Waals surface area (Å²) in [6.45, 7) is 2.91. The largest absolute Gasteiger partial charge is 0.492 e. The third-order valence-corrected chi connectivity index (χ3v) is 6.18. The lowest BCUT2D eigenvalue weighted by Crippen LogP contribution is -2.16. The number of nitrogens with one attached hydrogen (secondary N) is 2. The Morgan fingerprint density at radius 2 is 2.03 bits per heavy atom. The van der Waals surface area contributed by atoms with Crippen LogP contribution in [-0.4, -0.2) is 12.5 Å². The standard InChI is InChI=1S/C23H23FN2O2S/c1-2-28-19-11-4-3-10-18(19)26-22(27)21-17-9-6-12-20(17)29-23(21)25-14-15-7-5-8-16(24)13-15/h3-5,7-8,10-11,13,25H,2,6,9,12,14H2,1H3,(H,26,27). The van der Waals surface area contributed by atoms with Crippen molar-refractivity contribution in [2.75, 3.05) is 17.2 Å². The molecular formula is C23H23FN2O2S. The summed E-state index contributed by atoms with van der Waals surface area (Å²) in [6, 6.07) is 13.9. The lowest BCUT2D eigenvalue weighted by Gasteiger charge is -2.13. The van der Waals surface area contributed by atoms with Gasteiger partial charge in [0.1, 0.15) is 16.6 Å². The van der Waals surface area contributed by atoms with Gasteiger partial charge in [-0.15, -0.1) is 11.3 Å². The third-order valence-electron chi connectivity index (χ3n) is 4.93. The molecule has 0 atom stereocenters. The fraction of sp³-hybridized carbons (Fsp3) is 0.261. The van der Waals surface area contributed by atoms with E-state index in [1.807, 2.05) is 37.3 Å². The molecule has 0 aliphatic heterocycles. The van der Waals surface area contributed by atoms with E-state index in [9.17, 15) is 9.18 Å². The minimum Gasteiger partial charge on any atom is -0.492 e. The third kappa shape index (κ3) is 4.27. The second-order valence-corrected chi connectivity index (χ2v) is 8.03. The van der Waals surface area contributed by atoms with Crippen molar-refractivity contribution < 1.29 is 13.9 Å². The number of fused-ring (bicyclic) bond motifs is 1. The minimum absolute atomic E-state index is 0.140. The average Bonchev–Trinajstić information content (AvgIpc) is 3.29. The molecule has 0 saturated heterocycles. The van der Waals surface area contributed by atoms with Gasteiger partial charge in [-0.1, -0.05) is 24.3 Å². The molecule has 1 amide bonds. The van der Waals surface area contributed by atoms with E-state index in [-0.39, 0.29) is 11.7 Å². The highest BCUT2D eigenvalue weighted by atomic mass is 32.1. The Hall–Kier alpha value is -2.86. The van der Waals surface area contributed by atoms with Crippen molar-refractivity contribution in [2.24, 2.45) is 0 Å². The fourth-order valence-corrected chi connectivity index (χ4v) is 4.92. The van der Waals surface area contributed by atoms with Crippen molar-refractivity contribution in [2.45, 2.75) is 32.7 Å². The summed E-state index contributed by atoms with van der Waals surface area (Å²) in [5.41, 5.74) is 3.33. The molecule has 1 aliphatic rings. The van der Waals surface area contributed by atoms with Crippen molar-refractivity contribution in [1.82, 2.24) is 0 Å². The van der Waals surface area contributed by atoms with Crippen LogP contribution in [0.2, 0.25) is 0 Å². The van der Waals surface area contributed by atoms with E-state index in [1.165, 1.54) is 17.0 Å². The molecule has 6 heteroatoms. The number of aryl methyl sites for hydroxylation is 1. The quantitative estimate of drug-likeness (QED) is 0.530. The zero-order chi connectivity index (χ0) is 20.2. The number of amides is 1. The van der Waals surface area contributed by atoms with Crippen molar-refractivity contribution in [3.05, 3.63) is 75.9 Å². The Morgan fingerprint density at radius 1 is 1.17 bits per heavy atom. The van der Waals surface area contributed by atoms with Crippen LogP contribution in [0.4, 0.5) is 15.1 Å². The zero-order valence-electron chi connectivity index (χ0n) is 16.3. The molecule has 2 aromatic carbocycles. The highest BCUT2D eigenvalue weighted by Crippen LogP contribution is 2.40. The molecule has 0 spiro atoms. The van der Waals surface area contributed by atoms with E-state index >= 15 is 0 Å². The Bertz CT molecular complexity index is 1030. The summed E-state index contributed by atoms with van der Waals surface area (Å²) in [4.78, 5) is 14.5. The first-order valence-electron chi connectivity index (χ1n) is 9.81. The Labute approximate surface area is 173 Å². The van der Waals surface area contributed by atoms with Gasteiger partial charge in [-0.2, -0.15) is 0 Å². The molecule has 1 aliphatic carbocycles. The minimum atomic E-state index is -0.261. The summed E-state index contributed by atoms with van der Waals surface area (Å²) in [5, 5.41) is 7.21. The van der Waals surface area contributed by atoms with Gasteiger partial charge >= 0.3 is 0 Å². The number of carbonyl (C=O) groups excluding carboxylic acids is 1. The Kier molecular flexibility index (Phi) is 5.81. The topological polar surface area (TPSA) is 50.4 Å². The van der Waals surface area contributed by atoms with Crippen LogP contribution in [0.25, 0.3) is 0 Å². The van der Waals surface area contributed by atoms with E-state index in [4.69, 9.17) is 4.74 Å². The van der Waals surface area contributed by atoms with Gasteiger partial charge in [0, 0.05) is 11.4 Å². The van der Waals surface area contributed by atoms with Gasteiger partial charge in [-0.05, 0) is 61.6 Å². The van der Waals surface area contributed by atoms with Crippen LogP contribution in [-0.2, 0) is 19.4 Å².